The number of ether oxygens (including phenoxy) is 1. The lowest BCUT2D eigenvalue weighted by molar-refractivity contribution is -0.141. The fourth-order valence-electron chi connectivity index (χ4n) is 1.74. The van der Waals surface area contributed by atoms with Crippen molar-refractivity contribution in [2.75, 3.05) is 12.4 Å². The van der Waals surface area contributed by atoms with E-state index in [1.807, 2.05) is 25.1 Å². The van der Waals surface area contributed by atoms with Crippen LogP contribution >= 0.6 is 0 Å². The maximum atomic E-state index is 12.1. The van der Waals surface area contributed by atoms with Gasteiger partial charge >= 0.3 is 5.97 Å². The third kappa shape index (κ3) is 3.23. The molecule has 0 radical (unpaired) electrons. The van der Waals surface area contributed by atoms with Crippen LogP contribution < -0.4 is 5.32 Å². The number of aromatic nitrogens is 2. The standard InChI is InChI=1S/C14H15N3O3/c1-10-5-3-4-6-12(10)14(19)16-11-7-15-17(8-11)9-13(18)20-2/h3-8H,9H2,1-2H3,(H,16,19). The third-order valence-electron chi connectivity index (χ3n) is 2.80. The summed E-state index contributed by atoms with van der Waals surface area (Å²) in [4.78, 5) is 23.2. The molecule has 0 bridgehead atoms. The van der Waals surface area contributed by atoms with E-state index in [0.717, 1.165) is 5.56 Å². The Labute approximate surface area is 116 Å². The number of methoxy groups -OCH3 is 1. The van der Waals surface area contributed by atoms with E-state index in [-0.39, 0.29) is 12.5 Å². The number of carbonyl (C=O) groups excluding carboxylic acids is 2. The van der Waals surface area contributed by atoms with Crippen molar-refractivity contribution in [2.24, 2.45) is 0 Å². The number of benzene rings is 1. The molecule has 2 aromatic rings. The minimum atomic E-state index is -0.398. The zero-order chi connectivity index (χ0) is 14.5. The Morgan fingerprint density at radius 2 is 2.10 bits per heavy atom. The number of nitrogens with zero attached hydrogens (tertiary/aromatic N) is 2. The van der Waals surface area contributed by atoms with Crippen molar-refractivity contribution in [2.45, 2.75) is 13.5 Å². The largest absolute Gasteiger partial charge is 0.468 e. The number of nitrogens with one attached hydrogen (secondary N) is 1. The molecule has 1 aromatic carbocycles. The van der Waals surface area contributed by atoms with E-state index in [1.54, 1.807) is 12.3 Å². The molecular formula is C14H15N3O3. The molecule has 6 nitrogen and oxygen atoms in total. The molecule has 0 aliphatic heterocycles. The fraction of sp³-hybridized carbons (Fsp3) is 0.214. The van der Waals surface area contributed by atoms with Gasteiger partial charge in [0.05, 0.1) is 19.0 Å². The van der Waals surface area contributed by atoms with Gasteiger partial charge in [-0.3, -0.25) is 14.3 Å². The van der Waals surface area contributed by atoms with Crippen molar-refractivity contribution in [3.8, 4) is 0 Å². The Morgan fingerprint density at radius 3 is 2.80 bits per heavy atom. The number of esters is 1. The molecule has 0 aliphatic carbocycles. The van der Waals surface area contributed by atoms with Crippen molar-refractivity contribution >= 4 is 17.6 Å². The number of aryl methyl sites for hydroxylation is 1. The van der Waals surface area contributed by atoms with Gasteiger partial charge in [0.1, 0.15) is 6.54 Å². The van der Waals surface area contributed by atoms with Crippen molar-refractivity contribution in [3.63, 3.8) is 0 Å². The van der Waals surface area contributed by atoms with E-state index in [9.17, 15) is 9.59 Å². The van der Waals surface area contributed by atoms with Crippen LogP contribution in [-0.4, -0.2) is 28.8 Å². The highest BCUT2D eigenvalue weighted by molar-refractivity contribution is 6.05. The van der Waals surface area contributed by atoms with Crippen molar-refractivity contribution in [1.29, 1.82) is 0 Å². The molecular weight excluding hydrogens is 258 g/mol. The maximum absolute atomic E-state index is 12.1. The molecule has 1 amide bonds. The van der Waals surface area contributed by atoms with Crippen LogP contribution in [-0.2, 0) is 16.1 Å². The lowest BCUT2D eigenvalue weighted by Crippen LogP contribution is -2.13. The fourth-order valence-corrected chi connectivity index (χ4v) is 1.74. The number of hydrogen-bond acceptors (Lipinski definition) is 4. The minimum absolute atomic E-state index is 0.0107. The summed E-state index contributed by atoms with van der Waals surface area (Å²) in [6, 6.07) is 7.31. The van der Waals surface area contributed by atoms with Gasteiger partial charge in [0.15, 0.2) is 0 Å². The van der Waals surface area contributed by atoms with E-state index < -0.39 is 5.97 Å². The molecule has 20 heavy (non-hydrogen) atoms. The average molecular weight is 273 g/mol. The summed E-state index contributed by atoms with van der Waals surface area (Å²) in [5, 5.41) is 6.71. The monoisotopic (exact) mass is 273 g/mol. The van der Waals surface area contributed by atoms with Gasteiger partial charge in [-0.2, -0.15) is 5.10 Å². The minimum Gasteiger partial charge on any atom is -0.468 e. The van der Waals surface area contributed by atoms with Gasteiger partial charge in [-0.1, -0.05) is 18.2 Å². The Kier molecular flexibility index (Phi) is 4.14. The van der Waals surface area contributed by atoms with E-state index >= 15 is 0 Å². The van der Waals surface area contributed by atoms with E-state index in [2.05, 4.69) is 15.2 Å². The van der Waals surface area contributed by atoms with Gasteiger partial charge < -0.3 is 10.1 Å². The summed E-state index contributed by atoms with van der Waals surface area (Å²) in [6.07, 6.45) is 3.06. The van der Waals surface area contributed by atoms with Gasteiger partial charge in [-0.05, 0) is 18.6 Å². The Hall–Kier alpha value is -2.63. The molecule has 2 rings (SSSR count). The summed E-state index contributed by atoms with van der Waals surface area (Å²) in [5.41, 5.74) is 2.03. The van der Waals surface area contributed by atoms with E-state index in [4.69, 9.17) is 0 Å². The van der Waals surface area contributed by atoms with Crippen LogP contribution in [0.25, 0.3) is 0 Å². The summed E-state index contributed by atoms with van der Waals surface area (Å²) < 4.78 is 5.94. The summed E-state index contributed by atoms with van der Waals surface area (Å²) in [6.45, 7) is 1.88. The van der Waals surface area contributed by atoms with Crippen LogP contribution in [0.3, 0.4) is 0 Å². The zero-order valence-corrected chi connectivity index (χ0v) is 11.3. The smallest absolute Gasteiger partial charge is 0.327 e. The summed E-state index contributed by atoms with van der Waals surface area (Å²) in [7, 11) is 1.31. The molecule has 1 N–H and O–H groups in total. The summed E-state index contributed by atoms with van der Waals surface area (Å²) in [5.74, 6) is -0.606. The highest BCUT2D eigenvalue weighted by Gasteiger charge is 2.10. The second kappa shape index (κ2) is 6.01. The van der Waals surface area contributed by atoms with Crippen LogP contribution in [0.2, 0.25) is 0 Å². The summed E-state index contributed by atoms with van der Waals surface area (Å²) >= 11 is 0. The van der Waals surface area contributed by atoms with Gasteiger partial charge in [-0.15, -0.1) is 0 Å². The topological polar surface area (TPSA) is 73.2 Å². The van der Waals surface area contributed by atoms with Crippen molar-refractivity contribution in [1.82, 2.24) is 9.78 Å². The van der Waals surface area contributed by atoms with Crippen LogP contribution in [0.1, 0.15) is 15.9 Å². The molecule has 0 atom stereocenters. The second-order valence-electron chi connectivity index (χ2n) is 4.27. The van der Waals surface area contributed by atoms with Crippen LogP contribution in [0.5, 0.6) is 0 Å². The van der Waals surface area contributed by atoms with E-state index in [1.165, 1.54) is 18.0 Å². The molecule has 1 aromatic heterocycles. The van der Waals surface area contributed by atoms with Crippen LogP contribution in [0, 0.1) is 6.92 Å². The van der Waals surface area contributed by atoms with Crippen molar-refractivity contribution < 1.29 is 14.3 Å². The Bertz CT molecular complexity index is 634. The molecule has 0 spiro atoms. The molecule has 1 heterocycles. The van der Waals surface area contributed by atoms with Crippen LogP contribution in [0.15, 0.2) is 36.7 Å². The predicted octanol–water partition coefficient (Wildman–Crippen LogP) is 1.62. The SMILES string of the molecule is COC(=O)Cn1cc(NC(=O)c2ccccc2C)cn1. The quantitative estimate of drug-likeness (QED) is 0.859. The predicted molar refractivity (Wildman–Crippen MR) is 73.4 cm³/mol. The molecule has 104 valence electrons. The highest BCUT2D eigenvalue weighted by Crippen LogP contribution is 2.11. The van der Waals surface area contributed by atoms with Gasteiger partial charge in [-0.25, -0.2) is 0 Å². The van der Waals surface area contributed by atoms with E-state index in [0.29, 0.717) is 11.3 Å². The normalized spacial score (nSPS) is 10.1. The van der Waals surface area contributed by atoms with Gasteiger partial charge in [0, 0.05) is 11.8 Å². The Morgan fingerprint density at radius 1 is 1.35 bits per heavy atom. The number of amides is 1. The lowest BCUT2D eigenvalue weighted by atomic mass is 10.1. The molecule has 0 aliphatic rings. The third-order valence-corrected chi connectivity index (χ3v) is 2.80. The zero-order valence-electron chi connectivity index (χ0n) is 11.3. The van der Waals surface area contributed by atoms with Gasteiger partial charge in [0.2, 0.25) is 0 Å². The first-order valence-corrected chi connectivity index (χ1v) is 6.06. The van der Waals surface area contributed by atoms with Gasteiger partial charge in [0.25, 0.3) is 5.91 Å². The number of hydrogen-bond donors (Lipinski definition) is 1. The first-order chi connectivity index (χ1) is 9.60. The average Bonchev–Trinajstić information content (AvgIpc) is 2.86. The van der Waals surface area contributed by atoms with Crippen LogP contribution in [0.4, 0.5) is 5.69 Å². The first kappa shape index (κ1) is 13.8. The highest BCUT2D eigenvalue weighted by atomic mass is 16.5. The molecule has 0 saturated carbocycles. The number of carbonyl (C=O) groups is 2. The lowest BCUT2D eigenvalue weighted by Gasteiger charge is -2.05. The van der Waals surface area contributed by atoms with Crippen molar-refractivity contribution in [3.05, 3.63) is 47.8 Å². The maximum Gasteiger partial charge on any atom is 0.327 e. The molecule has 0 unspecified atom stereocenters. The number of rotatable bonds is 4. The Balaban J connectivity index is 2.05. The second-order valence-corrected chi connectivity index (χ2v) is 4.27. The first-order valence-electron chi connectivity index (χ1n) is 6.06. The number of anilines is 1. The molecule has 6 heteroatoms. The molecule has 0 fully saturated rings. The molecule has 0 saturated heterocycles.